The Hall–Kier alpha value is -6.98. The number of aliphatic imine (C=N–C) groups is 1. The summed E-state index contributed by atoms with van der Waals surface area (Å²) in [6.07, 6.45) is 3.85. The van der Waals surface area contributed by atoms with E-state index in [0.717, 1.165) is 65.9 Å². The molecule has 240 valence electrons. The Bertz CT molecular complexity index is 2900. The highest BCUT2D eigenvalue weighted by molar-refractivity contribution is 6.17. The van der Waals surface area contributed by atoms with Gasteiger partial charge in [0, 0.05) is 50.2 Å². The molecule has 0 bridgehead atoms. The van der Waals surface area contributed by atoms with E-state index in [2.05, 4.69) is 167 Å². The van der Waals surface area contributed by atoms with Gasteiger partial charge in [-0.15, -0.1) is 0 Å². The quantitative estimate of drug-likeness (QED) is 0.142. The molecule has 0 saturated carbocycles. The molecule has 3 aromatic heterocycles. The van der Waals surface area contributed by atoms with Gasteiger partial charge in [-0.1, -0.05) is 127 Å². The van der Waals surface area contributed by atoms with Crippen molar-refractivity contribution in [1.82, 2.24) is 13.7 Å². The van der Waals surface area contributed by atoms with Crippen LogP contribution in [0.4, 0.5) is 0 Å². The van der Waals surface area contributed by atoms with Crippen LogP contribution in [0.25, 0.3) is 76.9 Å². The van der Waals surface area contributed by atoms with E-state index >= 15 is 0 Å². The minimum absolute atomic E-state index is 0.331. The Kier molecular flexibility index (Phi) is 6.58. The van der Waals surface area contributed by atoms with Crippen LogP contribution in [0.15, 0.2) is 181 Å². The predicted octanol–water partition coefficient (Wildman–Crippen LogP) is 11.4. The highest BCUT2D eigenvalue weighted by Crippen LogP contribution is 2.35. The maximum absolute atomic E-state index is 9.67. The molecule has 10 aromatic rings. The molecule has 7 aromatic carbocycles. The zero-order valence-corrected chi connectivity index (χ0v) is 27.6. The molecule has 0 saturated heterocycles. The lowest BCUT2D eigenvalue weighted by atomic mass is 10.2. The van der Waals surface area contributed by atoms with Gasteiger partial charge in [-0.25, -0.2) is 4.99 Å². The Labute approximate surface area is 293 Å². The molecule has 3 heterocycles. The lowest BCUT2D eigenvalue weighted by molar-refractivity contribution is 1.16. The maximum Gasteiger partial charge on any atom is 0.141 e. The van der Waals surface area contributed by atoms with Gasteiger partial charge in [0.15, 0.2) is 0 Å². The summed E-state index contributed by atoms with van der Waals surface area (Å²) in [5, 5.41) is 16.6. The number of rotatable bonds is 5. The Morgan fingerprint density at radius 2 is 0.765 bits per heavy atom. The van der Waals surface area contributed by atoms with Gasteiger partial charge in [0.1, 0.15) is 11.7 Å². The van der Waals surface area contributed by atoms with Crippen LogP contribution in [0.2, 0.25) is 0 Å². The van der Waals surface area contributed by atoms with Crippen molar-refractivity contribution in [2.24, 2.45) is 4.99 Å². The molecular weight excluding hydrogens is 623 g/mol. The second-order valence-electron chi connectivity index (χ2n) is 12.8. The standard InChI is InChI=1S/C46H31N5/c47-45(50-41-25-11-4-18-34(41)35-19-5-12-26-42(35)50)29-46(51-43-27-13-6-20-36(43)37-21-7-14-28-44(37)51)48-30-31-15-1-8-22-38(31)49-39-23-9-2-16-32(39)33-17-3-10-24-40(33)49/h1-30,47H/b46-29+,47-45?,48-30+. The SMILES string of the molecule is N=C(/C=C(\N=C\c1ccccc1-n1c2ccccc2c2ccccc21)n1c2ccccc2c2ccccc21)n1c2ccccc2c2ccccc21. The summed E-state index contributed by atoms with van der Waals surface area (Å²) in [4.78, 5) is 5.31. The number of benzene rings is 7. The zero-order chi connectivity index (χ0) is 33.9. The summed E-state index contributed by atoms with van der Waals surface area (Å²) in [7, 11) is 0. The van der Waals surface area contributed by atoms with Crippen LogP contribution in [0.5, 0.6) is 0 Å². The van der Waals surface area contributed by atoms with Crippen LogP contribution in [0.1, 0.15) is 5.56 Å². The number of nitrogens with one attached hydrogen (secondary N) is 1. The van der Waals surface area contributed by atoms with E-state index in [0.29, 0.717) is 11.7 Å². The van der Waals surface area contributed by atoms with Crippen molar-refractivity contribution in [3.05, 3.63) is 181 Å². The molecule has 0 atom stereocenters. The van der Waals surface area contributed by atoms with Crippen LogP contribution in [0.3, 0.4) is 0 Å². The van der Waals surface area contributed by atoms with E-state index in [4.69, 9.17) is 4.99 Å². The van der Waals surface area contributed by atoms with E-state index in [-0.39, 0.29) is 0 Å². The Morgan fingerprint density at radius 3 is 1.24 bits per heavy atom. The average Bonchev–Trinajstić information content (AvgIpc) is 3.83. The molecule has 1 N–H and O–H groups in total. The minimum atomic E-state index is 0.331. The molecule has 5 nitrogen and oxygen atoms in total. The van der Waals surface area contributed by atoms with Gasteiger partial charge in [-0.2, -0.15) is 0 Å². The minimum Gasteiger partial charge on any atom is -0.309 e. The first-order chi connectivity index (χ1) is 25.3. The summed E-state index contributed by atoms with van der Waals surface area (Å²) < 4.78 is 6.54. The summed E-state index contributed by atoms with van der Waals surface area (Å²) in [5.74, 6) is 0.980. The average molecular weight is 654 g/mol. The monoisotopic (exact) mass is 653 g/mol. The summed E-state index contributed by atoms with van der Waals surface area (Å²) in [6.45, 7) is 0. The number of fused-ring (bicyclic) bond motifs is 9. The fourth-order valence-electron chi connectivity index (χ4n) is 7.82. The molecular formula is C46H31N5. The number of allylic oxidation sites excluding steroid dienone is 1. The summed E-state index contributed by atoms with van der Waals surface area (Å²) in [6, 6.07) is 59.0. The third kappa shape index (κ3) is 4.49. The van der Waals surface area contributed by atoms with Crippen LogP contribution >= 0.6 is 0 Å². The smallest absolute Gasteiger partial charge is 0.141 e. The second kappa shape index (κ2) is 11.6. The van der Waals surface area contributed by atoms with Crippen molar-refractivity contribution in [2.45, 2.75) is 0 Å². The summed E-state index contributed by atoms with van der Waals surface area (Å²) >= 11 is 0. The van der Waals surface area contributed by atoms with E-state index in [9.17, 15) is 5.41 Å². The largest absolute Gasteiger partial charge is 0.309 e. The van der Waals surface area contributed by atoms with Crippen LogP contribution in [-0.2, 0) is 0 Å². The van der Waals surface area contributed by atoms with Gasteiger partial charge in [-0.05, 0) is 42.5 Å². The topological polar surface area (TPSA) is 51.0 Å². The van der Waals surface area contributed by atoms with Gasteiger partial charge >= 0.3 is 0 Å². The first-order valence-electron chi connectivity index (χ1n) is 17.2. The number of hydrogen-bond donors (Lipinski definition) is 1. The fourth-order valence-corrected chi connectivity index (χ4v) is 7.82. The van der Waals surface area contributed by atoms with Crippen molar-refractivity contribution in [3.8, 4) is 5.69 Å². The van der Waals surface area contributed by atoms with Crippen molar-refractivity contribution in [2.75, 3.05) is 0 Å². The lowest BCUT2D eigenvalue weighted by Gasteiger charge is -2.13. The van der Waals surface area contributed by atoms with E-state index in [1.165, 1.54) is 10.8 Å². The molecule has 0 amide bonds. The zero-order valence-electron chi connectivity index (χ0n) is 27.6. The third-order valence-corrected chi connectivity index (χ3v) is 9.99. The van der Waals surface area contributed by atoms with E-state index in [1.54, 1.807) is 0 Å². The van der Waals surface area contributed by atoms with Crippen LogP contribution in [-0.4, -0.2) is 25.8 Å². The number of nitrogens with zero attached hydrogens (tertiary/aromatic N) is 4. The second-order valence-corrected chi connectivity index (χ2v) is 12.8. The highest BCUT2D eigenvalue weighted by Gasteiger charge is 2.18. The molecule has 0 spiro atoms. The van der Waals surface area contributed by atoms with Gasteiger partial charge in [0.2, 0.25) is 0 Å². The van der Waals surface area contributed by atoms with Gasteiger partial charge < -0.3 is 4.57 Å². The number of para-hydroxylation sites is 7. The van der Waals surface area contributed by atoms with Gasteiger partial charge in [0.25, 0.3) is 0 Å². The van der Waals surface area contributed by atoms with Crippen molar-refractivity contribution in [3.63, 3.8) is 0 Å². The van der Waals surface area contributed by atoms with Crippen molar-refractivity contribution >= 4 is 83.3 Å². The van der Waals surface area contributed by atoms with Gasteiger partial charge in [0.05, 0.1) is 38.8 Å². The molecule has 0 aliphatic rings. The molecule has 0 radical (unpaired) electrons. The first kappa shape index (κ1) is 29.0. The molecule has 5 heteroatoms. The number of hydrogen-bond acceptors (Lipinski definition) is 2. The van der Waals surface area contributed by atoms with Crippen LogP contribution in [0, 0.1) is 5.41 Å². The molecule has 51 heavy (non-hydrogen) atoms. The Morgan fingerprint density at radius 1 is 0.412 bits per heavy atom. The predicted molar refractivity (Wildman–Crippen MR) is 215 cm³/mol. The maximum atomic E-state index is 9.67. The first-order valence-corrected chi connectivity index (χ1v) is 17.2. The normalized spacial score (nSPS) is 12.4. The van der Waals surface area contributed by atoms with E-state index in [1.807, 2.05) is 29.0 Å². The summed E-state index contributed by atoms with van der Waals surface area (Å²) in [5.41, 5.74) is 8.35. The highest BCUT2D eigenvalue weighted by atomic mass is 15.1. The molecule has 10 rings (SSSR count). The Balaban J connectivity index is 1.21. The number of aromatic nitrogens is 3. The molecule has 0 unspecified atom stereocenters. The fraction of sp³-hybridized carbons (Fsp3) is 0. The lowest BCUT2D eigenvalue weighted by Crippen LogP contribution is -2.09. The third-order valence-electron chi connectivity index (χ3n) is 9.99. The molecule has 0 aliphatic carbocycles. The van der Waals surface area contributed by atoms with Gasteiger partial charge in [-0.3, -0.25) is 14.5 Å². The molecule has 0 fully saturated rings. The van der Waals surface area contributed by atoms with Crippen molar-refractivity contribution in [1.29, 1.82) is 5.41 Å². The van der Waals surface area contributed by atoms with Crippen molar-refractivity contribution < 1.29 is 0 Å². The van der Waals surface area contributed by atoms with Crippen LogP contribution < -0.4 is 0 Å². The van der Waals surface area contributed by atoms with E-state index < -0.39 is 0 Å². The molecule has 0 aliphatic heterocycles.